The summed E-state index contributed by atoms with van der Waals surface area (Å²) in [6, 6.07) is 3.26. The third-order valence-corrected chi connectivity index (χ3v) is 2.81. The molecule has 0 unspecified atom stereocenters. The summed E-state index contributed by atoms with van der Waals surface area (Å²) < 4.78 is 42.6. The number of nitrogens with two attached hydrogens (primary N) is 1. The molecule has 11 heteroatoms. The van der Waals surface area contributed by atoms with Gasteiger partial charge >= 0.3 is 12.1 Å². The van der Waals surface area contributed by atoms with Crippen molar-refractivity contribution in [3.63, 3.8) is 0 Å². The number of carbonyl (C=O) groups excluding carboxylic acids is 1. The van der Waals surface area contributed by atoms with Gasteiger partial charge in [0.15, 0.2) is 0 Å². The molecule has 0 aliphatic carbocycles. The molecule has 1 aromatic carbocycles. The van der Waals surface area contributed by atoms with Crippen molar-refractivity contribution in [1.82, 2.24) is 4.90 Å². The van der Waals surface area contributed by atoms with Gasteiger partial charge in [0.2, 0.25) is 5.91 Å². The van der Waals surface area contributed by atoms with Crippen molar-refractivity contribution in [2.75, 3.05) is 45.4 Å². The topological polar surface area (TPSA) is 114 Å². The quantitative estimate of drug-likeness (QED) is 0.479. The zero-order valence-electron chi connectivity index (χ0n) is 15.1. The Kier molecular flexibility index (Phi) is 9.72. The molecular formula is C16H22F3N3O5. The Balaban J connectivity index is 0.000000821. The maximum absolute atomic E-state index is 11.4. The molecule has 4 N–H and O–H groups in total. The Morgan fingerprint density at radius 3 is 2.30 bits per heavy atom. The van der Waals surface area contributed by atoms with Crippen LogP contribution < -0.4 is 20.5 Å². The predicted octanol–water partition coefficient (Wildman–Crippen LogP) is 1.98. The lowest BCUT2D eigenvalue weighted by molar-refractivity contribution is -0.192. The zero-order chi connectivity index (χ0) is 21.2. The third-order valence-electron chi connectivity index (χ3n) is 2.81. The molecule has 0 saturated carbocycles. The van der Waals surface area contributed by atoms with E-state index in [1.807, 2.05) is 19.0 Å². The number of carboxylic acid groups (broad SMARTS) is 1. The normalized spacial score (nSPS) is 10.5. The molecule has 1 rings (SSSR count). The molecule has 1 aromatic rings. The highest BCUT2D eigenvalue weighted by Crippen LogP contribution is 2.34. The molecule has 0 aliphatic heterocycles. The van der Waals surface area contributed by atoms with E-state index in [0.717, 1.165) is 6.54 Å². The van der Waals surface area contributed by atoms with Crippen LogP contribution in [-0.4, -0.2) is 62.4 Å². The standard InChI is InChI=1S/C14H21N3O3.C2HF3O2/c1-5-14(18)16-11-8-10(15)12(19-4)9-13(11)20-7-6-17(2)3;3-2(4,5)1(6)7/h5,8-9H,1,6-7,15H2,2-4H3,(H,16,18);(H,6,7). The molecular weight excluding hydrogens is 371 g/mol. The van der Waals surface area contributed by atoms with E-state index in [0.29, 0.717) is 29.5 Å². The molecule has 0 heterocycles. The molecule has 0 bridgehead atoms. The van der Waals surface area contributed by atoms with Crippen molar-refractivity contribution in [3.05, 3.63) is 24.8 Å². The number of nitrogens with zero attached hydrogens (tertiary/aromatic N) is 1. The summed E-state index contributed by atoms with van der Waals surface area (Å²) in [5.41, 5.74) is 6.74. The van der Waals surface area contributed by atoms with E-state index >= 15 is 0 Å². The number of aliphatic carboxylic acids is 1. The number of methoxy groups -OCH3 is 1. The Hall–Kier alpha value is -2.95. The molecule has 0 aromatic heterocycles. The third kappa shape index (κ3) is 9.35. The summed E-state index contributed by atoms with van der Waals surface area (Å²) in [5.74, 6) is -2.07. The first-order chi connectivity index (χ1) is 12.4. The first kappa shape index (κ1) is 24.1. The van der Waals surface area contributed by atoms with Gasteiger partial charge in [-0.2, -0.15) is 13.2 Å². The van der Waals surface area contributed by atoms with Gasteiger partial charge in [-0.25, -0.2) is 4.79 Å². The average molecular weight is 393 g/mol. The summed E-state index contributed by atoms with van der Waals surface area (Å²) in [7, 11) is 5.43. The molecule has 0 saturated heterocycles. The van der Waals surface area contributed by atoms with Gasteiger partial charge in [0.25, 0.3) is 0 Å². The molecule has 0 radical (unpaired) electrons. The highest BCUT2D eigenvalue weighted by Gasteiger charge is 2.38. The Morgan fingerprint density at radius 1 is 1.33 bits per heavy atom. The van der Waals surface area contributed by atoms with Crippen molar-refractivity contribution in [2.24, 2.45) is 0 Å². The SMILES string of the molecule is C=CC(=O)Nc1cc(N)c(OC)cc1OCCN(C)C.O=C(O)C(F)(F)F. The molecule has 8 nitrogen and oxygen atoms in total. The van der Waals surface area contributed by atoms with Crippen molar-refractivity contribution in [2.45, 2.75) is 6.18 Å². The van der Waals surface area contributed by atoms with Crippen LogP contribution in [-0.2, 0) is 9.59 Å². The van der Waals surface area contributed by atoms with Crippen molar-refractivity contribution < 1.29 is 37.3 Å². The minimum atomic E-state index is -5.08. The predicted molar refractivity (Wildman–Crippen MR) is 94.0 cm³/mol. The number of halogens is 3. The van der Waals surface area contributed by atoms with E-state index in [4.69, 9.17) is 25.1 Å². The lowest BCUT2D eigenvalue weighted by Gasteiger charge is -2.16. The van der Waals surface area contributed by atoms with Gasteiger partial charge in [-0.05, 0) is 26.2 Å². The largest absolute Gasteiger partial charge is 0.494 e. The number of anilines is 2. The second-order valence-electron chi connectivity index (χ2n) is 5.24. The minimum Gasteiger partial charge on any atom is -0.494 e. The fraction of sp³-hybridized carbons (Fsp3) is 0.375. The van der Waals surface area contributed by atoms with E-state index in [2.05, 4.69) is 11.9 Å². The molecule has 0 atom stereocenters. The highest BCUT2D eigenvalue weighted by atomic mass is 19.4. The number of alkyl halides is 3. The van der Waals surface area contributed by atoms with Crippen LogP contribution in [0.4, 0.5) is 24.5 Å². The van der Waals surface area contributed by atoms with Crippen LogP contribution in [0, 0.1) is 0 Å². The van der Waals surface area contributed by atoms with E-state index < -0.39 is 12.1 Å². The van der Waals surface area contributed by atoms with Crippen molar-refractivity contribution in [3.8, 4) is 11.5 Å². The fourth-order valence-electron chi connectivity index (χ4n) is 1.49. The summed E-state index contributed by atoms with van der Waals surface area (Å²) in [6.07, 6.45) is -3.90. The average Bonchev–Trinajstić information content (AvgIpc) is 2.55. The molecule has 152 valence electrons. The van der Waals surface area contributed by atoms with Gasteiger partial charge in [0.05, 0.1) is 18.5 Å². The number of nitrogen functional groups attached to an aromatic ring is 1. The summed E-state index contributed by atoms with van der Waals surface area (Å²) >= 11 is 0. The number of ether oxygens (including phenoxy) is 2. The number of rotatable bonds is 7. The second-order valence-corrected chi connectivity index (χ2v) is 5.24. The van der Waals surface area contributed by atoms with Gasteiger partial charge in [0, 0.05) is 12.6 Å². The van der Waals surface area contributed by atoms with Crippen LogP contribution in [0.15, 0.2) is 24.8 Å². The first-order valence-corrected chi connectivity index (χ1v) is 7.40. The maximum atomic E-state index is 11.4. The number of benzene rings is 1. The second kappa shape index (κ2) is 10.9. The van der Waals surface area contributed by atoms with Gasteiger partial charge in [-0.1, -0.05) is 6.58 Å². The fourth-order valence-corrected chi connectivity index (χ4v) is 1.49. The van der Waals surface area contributed by atoms with E-state index in [9.17, 15) is 18.0 Å². The number of hydrogen-bond acceptors (Lipinski definition) is 6. The minimum absolute atomic E-state index is 0.327. The van der Waals surface area contributed by atoms with Crippen LogP contribution in [0.5, 0.6) is 11.5 Å². The van der Waals surface area contributed by atoms with Crippen LogP contribution >= 0.6 is 0 Å². The van der Waals surface area contributed by atoms with Crippen LogP contribution in [0.2, 0.25) is 0 Å². The van der Waals surface area contributed by atoms with Crippen LogP contribution in [0.3, 0.4) is 0 Å². The lowest BCUT2D eigenvalue weighted by Crippen LogP contribution is -2.21. The monoisotopic (exact) mass is 393 g/mol. The number of carbonyl (C=O) groups is 2. The Labute approximate surface area is 154 Å². The smallest absolute Gasteiger partial charge is 0.490 e. The summed E-state index contributed by atoms with van der Waals surface area (Å²) in [5, 5.41) is 9.78. The van der Waals surface area contributed by atoms with Gasteiger partial charge in [-0.15, -0.1) is 0 Å². The van der Waals surface area contributed by atoms with Gasteiger partial charge < -0.3 is 30.5 Å². The summed E-state index contributed by atoms with van der Waals surface area (Å²) in [6.45, 7) is 4.65. The maximum Gasteiger partial charge on any atom is 0.490 e. The number of likely N-dealkylation sites (N-methyl/N-ethyl adjacent to an activating group) is 1. The van der Waals surface area contributed by atoms with E-state index in [1.165, 1.54) is 13.2 Å². The van der Waals surface area contributed by atoms with Crippen molar-refractivity contribution in [1.29, 1.82) is 0 Å². The zero-order valence-corrected chi connectivity index (χ0v) is 15.1. The van der Waals surface area contributed by atoms with E-state index in [-0.39, 0.29) is 5.91 Å². The van der Waals surface area contributed by atoms with Gasteiger partial charge in [0.1, 0.15) is 18.1 Å². The highest BCUT2D eigenvalue weighted by molar-refractivity contribution is 6.00. The lowest BCUT2D eigenvalue weighted by atomic mass is 10.2. The number of amides is 1. The Morgan fingerprint density at radius 2 is 1.89 bits per heavy atom. The number of carboxylic acids is 1. The molecule has 0 aliphatic rings. The van der Waals surface area contributed by atoms with E-state index in [1.54, 1.807) is 12.1 Å². The Bertz CT molecular complexity index is 663. The molecule has 27 heavy (non-hydrogen) atoms. The molecule has 1 amide bonds. The first-order valence-electron chi connectivity index (χ1n) is 7.40. The summed E-state index contributed by atoms with van der Waals surface area (Å²) in [4.78, 5) is 22.3. The molecule has 0 fully saturated rings. The van der Waals surface area contributed by atoms with Crippen LogP contribution in [0.1, 0.15) is 0 Å². The molecule has 0 spiro atoms. The number of nitrogens with one attached hydrogen (secondary N) is 1. The van der Waals surface area contributed by atoms with Crippen molar-refractivity contribution >= 4 is 23.3 Å². The van der Waals surface area contributed by atoms with Gasteiger partial charge in [-0.3, -0.25) is 4.79 Å². The number of hydrogen-bond donors (Lipinski definition) is 3. The van der Waals surface area contributed by atoms with Crippen LogP contribution in [0.25, 0.3) is 0 Å².